The van der Waals surface area contributed by atoms with E-state index in [2.05, 4.69) is 15.9 Å². The monoisotopic (exact) mass is 353 g/mol. The molecule has 1 amide bonds. The number of hydrogen-bond donors (Lipinski definition) is 2. The first-order chi connectivity index (χ1) is 9.18. The minimum Gasteiger partial charge on any atom is -0.481 e. The highest BCUT2D eigenvalue weighted by Gasteiger charge is 2.39. The van der Waals surface area contributed by atoms with Gasteiger partial charge in [0.2, 0.25) is 0 Å². The van der Waals surface area contributed by atoms with Crippen LogP contribution in [0, 0.1) is 0 Å². The van der Waals surface area contributed by atoms with E-state index in [1.54, 1.807) is 29.6 Å². The van der Waals surface area contributed by atoms with Gasteiger partial charge < -0.3 is 10.4 Å². The molecule has 0 aliphatic carbocycles. The average molecular weight is 354 g/mol. The summed E-state index contributed by atoms with van der Waals surface area (Å²) in [6.07, 6.45) is -5.63. The Morgan fingerprint density at radius 2 is 2.00 bits per heavy atom. The van der Waals surface area contributed by atoms with Crippen molar-refractivity contribution < 1.29 is 27.9 Å². The van der Waals surface area contributed by atoms with Gasteiger partial charge in [0.25, 0.3) is 0 Å². The summed E-state index contributed by atoms with van der Waals surface area (Å²) in [5.41, 5.74) is 0.619. The number of carbonyl (C=O) groups excluding carboxylic acids is 1. The van der Waals surface area contributed by atoms with Gasteiger partial charge in [-0.25, -0.2) is 0 Å². The molecule has 1 aromatic carbocycles. The molecule has 20 heavy (non-hydrogen) atoms. The van der Waals surface area contributed by atoms with Crippen molar-refractivity contribution in [3.63, 3.8) is 0 Å². The van der Waals surface area contributed by atoms with Crippen molar-refractivity contribution in [1.82, 2.24) is 5.32 Å². The number of amides is 1. The zero-order valence-electron chi connectivity index (χ0n) is 10.1. The zero-order chi connectivity index (χ0) is 15.3. The summed E-state index contributed by atoms with van der Waals surface area (Å²) in [7, 11) is 0. The first-order valence-corrected chi connectivity index (χ1v) is 6.31. The summed E-state index contributed by atoms with van der Waals surface area (Å²) in [5, 5.41) is 10.4. The quantitative estimate of drug-likeness (QED) is 0.854. The first kappa shape index (κ1) is 16.5. The van der Waals surface area contributed by atoms with Crippen LogP contribution in [0.3, 0.4) is 0 Å². The van der Waals surface area contributed by atoms with Crippen molar-refractivity contribution in [2.24, 2.45) is 0 Å². The molecule has 0 aliphatic rings. The van der Waals surface area contributed by atoms with Crippen LogP contribution in [0.4, 0.5) is 13.2 Å². The maximum absolute atomic E-state index is 12.2. The Bertz CT molecular complexity index is 505. The maximum atomic E-state index is 12.2. The summed E-state index contributed by atoms with van der Waals surface area (Å²) >= 11 is 3.20. The standard InChI is InChI=1S/C12H11BrF3NO3/c13-8-3-1-2-7(4-8)5-9(6-10(18)19)17-11(20)12(14,15)16/h1-4,9H,5-6H2,(H,17,20)(H,18,19)/t9-/m0/s1. The highest BCUT2D eigenvalue weighted by atomic mass is 79.9. The molecule has 0 fully saturated rings. The van der Waals surface area contributed by atoms with E-state index < -0.39 is 30.5 Å². The van der Waals surface area contributed by atoms with Crippen molar-refractivity contribution in [1.29, 1.82) is 0 Å². The summed E-state index contributed by atoms with van der Waals surface area (Å²) in [5.74, 6) is -3.42. The largest absolute Gasteiger partial charge is 0.481 e. The van der Waals surface area contributed by atoms with Crippen molar-refractivity contribution in [3.8, 4) is 0 Å². The van der Waals surface area contributed by atoms with Crippen LogP contribution in [0.25, 0.3) is 0 Å². The molecule has 1 aromatic rings. The minimum atomic E-state index is -5.03. The molecule has 0 saturated carbocycles. The smallest absolute Gasteiger partial charge is 0.471 e. The molecule has 2 N–H and O–H groups in total. The van der Waals surface area contributed by atoms with Crippen molar-refractivity contribution in [2.75, 3.05) is 0 Å². The van der Waals surface area contributed by atoms with Gasteiger partial charge in [0.1, 0.15) is 0 Å². The Morgan fingerprint density at radius 3 is 2.50 bits per heavy atom. The predicted molar refractivity (Wildman–Crippen MR) is 68.1 cm³/mol. The van der Waals surface area contributed by atoms with Gasteiger partial charge in [-0.15, -0.1) is 0 Å². The van der Waals surface area contributed by atoms with Gasteiger partial charge in [-0.1, -0.05) is 28.1 Å². The molecule has 1 atom stereocenters. The number of carbonyl (C=O) groups is 2. The predicted octanol–water partition coefficient (Wildman–Crippen LogP) is 2.51. The second-order valence-electron chi connectivity index (χ2n) is 4.10. The molecule has 110 valence electrons. The van der Waals surface area contributed by atoms with Crippen LogP contribution in [-0.2, 0) is 16.0 Å². The Morgan fingerprint density at radius 1 is 1.35 bits per heavy atom. The fourth-order valence-electron chi connectivity index (χ4n) is 1.60. The molecule has 0 bridgehead atoms. The highest BCUT2D eigenvalue weighted by Crippen LogP contribution is 2.17. The molecule has 1 rings (SSSR count). The van der Waals surface area contributed by atoms with Crippen LogP contribution in [0.5, 0.6) is 0 Å². The number of halogens is 4. The normalized spacial score (nSPS) is 12.8. The second kappa shape index (κ2) is 6.74. The van der Waals surface area contributed by atoms with Crippen molar-refractivity contribution in [3.05, 3.63) is 34.3 Å². The van der Waals surface area contributed by atoms with E-state index in [9.17, 15) is 22.8 Å². The van der Waals surface area contributed by atoms with Crippen molar-refractivity contribution in [2.45, 2.75) is 25.1 Å². The van der Waals surface area contributed by atoms with Gasteiger partial charge in [0.15, 0.2) is 0 Å². The molecular weight excluding hydrogens is 343 g/mol. The Labute approximate surface area is 121 Å². The zero-order valence-corrected chi connectivity index (χ0v) is 11.7. The Balaban J connectivity index is 2.79. The fraction of sp³-hybridized carbons (Fsp3) is 0.333. The number of benzene rings is 1. The number of rotatable bonds is 5. The Kier molecular flexibility index (Phi) is 5.55. The van der Waals surface area contributed by atoms with Crippen molar-refractivity contribution >= 4 is 27.8 Å². The van der Waals surface area contributed by atoms with E-state index in [0.717, 1.165) is 0 Å². The Hall–Kier alpha value is -1.57. The maximum Gasteiger partial charge on any atom is 0.471 e. The lowest BCUT2D eigenvalue weighted by Gasteiger charge is -2.18. The van der Waals surface area contributed by atoms with Gasteiger partial charge in [-0.3, -0.25) is 9.59 Å². The number of carboxylic acids is 1. The molecule has 0 heterocycles. The van der Waals surface area contributed by atoms with Gasteiger partial charge in [-0.05, 0) is 24.1 Å². The molecular formula is C12H11BrF3NO3. The van der Waals surface area contributed by atoms with Gasteiger partial charge in [0, 0.05) is 10.5 Å². The average Bonchev–Trinajstić information content (AvgIpc) is 2.26. The highest BCUT2D eigenvalue weighted by molar-refractivity contribution is 9.10. The van der Waals surface area contributed by atoms with Crippen LogP contribution in [-0.4, -0.2) is 29.2 Å². The molecule has 0 unspecified atom stereocenters. The SMILES string of the molecule is O=C(O)C[C@H](Cc1cccc(Br)c1)NC(=O)C(F)(F)F. The van der Waals surface area contributed by atoms with Crippen LogP contribution in [0.1, 0.15) is 12.0 Å². The lowest BCUT2D eigenvalue weighted by molar-refractivity contribution is -0.174. The van der Waals surface area contributed by atoms with Gasteiger partial charge >= 0.3 is 18.1 Å². The third kappa shape index (κ3) is 5.60. The molecule has 0 aromatic heterocycles. The third-order valence-corrected chi connectivity index (χ3v) is 2.88. The number of alkyl halides is 3. The lowest BCUT2D eigenvalue weighted by atomic mass is 10.0. The van der Waals surface area contributed by atoms with Crippen LogP contribution in [0.2, 0.25) is 0 Å². The lowest BCUT2D eigenvalue weighted by Crippen LogP contribution is -2.45. The summed E-state index contributed by atoms with van der Waals surface area (Å²) < 4.78 is 37.3. The number of carboxylic acid groups (broad SMARTS) is 1. The molecule has 0 aliphatic heterocycles. The van der Waals surface area contributed by atoms with Crippen LogP contribution in [0.15, 0.2) is 28.7 Å². The van der Waals surface area contributed by atoms with E-state index in [1.165, 1.54) is 0 Å². The third-order valence-electron chi connectivity index (χ3n) is 2.38. The minimum absolute atomic E-state index is 0.00639. The van der Waals surface area contributed by atoms with E-state index in [-0.39, 0.29) is 6.42 Å². The summed E-state index contributed by atoms with van der Waals surface area (Å²) in [4.78, 5) is 21.5. The number of nitrogens with one attached hydrogen (secondary N) is 1. The number of hydrogen-bond acceptors (Lipinski definition) is 2. The first-order valence-electron chi connectivity index (χ1n) is 5.52. The fourth-order valence-corrected chi connectivity index (χ4v) is 2.05. The molecule has 8 heteroatoms. The second-order valence-corrected chi connectivity index (χ2v) is 5.02. The van der Waals surface area contributed by atoms with Gasteiger partial charge in [-0.2, -0.15) is 13.2 Å². The van der Waals surface area contributed by atoms with E-state index in [1.807, 2.05) is 0 Å². The van der Waals surface area contributed by atoms with E-state index in [4.69, 9.17) is 5.11 Å². The summed E-state index contributed by atoms with van der Waals surface area (Å²) in [6, 6.07) is 5.55. The molecule has 4 nitrogen and oxygen atoms in total. The van der Waals surface area contributed by atoms with E-state index >= 15 is 0 Å². The van der Waals surface area contributed by atoms with Crippen LogP contribution >= 0.6 is 15.9 Å². The van der Waals surface area contributed by atoms with Gasteiger partial charge in [0.05, 0.1) is 6.42 Å². The topological polar surface area (TPSA) is 66.4 Å². The molecule has 0 saturated heterocycles. The molecule has 0 radical (unpaired) electrons. The number of aliphatic carboxylic acids is 1. The molecule has 0 spiro atoms. The summed E-state index contributed by atoms with van der Waals surface area (Å²) in [6.45, 7) is 0. The van der Waals surface area contributed by atoms with Crippen LogP contribution < -0.4 is 5.32 Å². The van der Waals surface area contributed by atoms with E-state index in [0.29, 0.717) is 10.0 Å².